The van der Waals surface area contributed by atoms with Gasteiger partial charge in [-0.3, -0.25) is 4.98 Å². The molecule has 4 nitrogen and oxygen atoms in total. The summed E-state index contributed by atoms with van der Waals surface area (Å²) in [5, 5.41) is 0. The van der Waals surface area contributed by atoms with Crippen LogP contribution >= 0.6 is 15.9 Å². The summed E-state index contributed by atoms with van der Waals surface area (Å²) >= 11 is 3.24. The Morgan fingerprint density at radius 1 is 1.24 bits per heavy atom. The first-order valence-electron chi connectivity index (χ1n) is 6.62. The first-order valence-corrected chi connectivity index (χ1v) is 8.89. The molecule has 0 aliphatic heterocycles. The number of hydrogen-bond acceptors (Lipinski definition) is 3. The molecule has 112 valence electrons. The van der Waals surface area contributed by atoms with E-state index in [1.807, 2.05) is 38.1 Å². The highest BCUT2D eigenvalue weighted by Gasteiger charge is 2.20. The molecule has 0 fully saturated rings. The maximum Gasteiger partial charge on any atom is 0.242 e. The van der Waals surface area contributed by atoms with Crippen molar-refractivity contribution < 1.29 is 8.42 Å². The Morgan fingerprint density at radius 2 is 1.90 bits per heavy atom. The van der Waals surface area contributed by atoms with Crippen molar-refractivity contribution in [2.45, 2.75) is 31.2 Å². The molecule has 0 spiro atoms. The second kappa shape index (κ2) is 6.68. The molecule has 0 radical (unpaired) electrons. The van der Waals surface area contributed by atoms with Crippen molar-refractivity contribution in [3.05, 3.63) is 58.3 Å². The first kappa shape index (κ1) is 16.1. The van der Waals surface area contributed by atoms with Crippen LogP contribution in [0.15, 0.2) is 52.1 Å². The highest BCUT2D eigenvalue weighted by atomic mass is 79.9. The monoisotopic (exact) mass is 368 g/mol. The summed E-state index contributed by atoms with van der Waals surface area (Å²) in [6.07, 6.45) is 3.56. The third kappa shape index (κ3) is 4.12. The van der Waals surface area contributed by atoms with Crippen molar-refractivity contribution in [1.82, 2.24) is 9.71 Å². The fraction of sp³-hybridized carbons (Fsp3) is 0.267. The van der Waals surface area contributed by atoms with Crippen LogP contribution in [0.3, 0.4) is 0 Å². The number of halogens is 1. The highest BCUT2D eigenvalue weighted by Crippen LogP contribution is 2.21. The number of sulfonamides is 1. The average molecular weight is 369 g/mol. The van der Waals surface area contributed by atoms with E-state index in [2.05, 4.69) is 25.6 Å². The van der Waals surface area contributed by atoms with Crippen molar-refractivity contribution in [2.75, 3.05) is 0 Å². The zero-order valence-electron chi connectivity index (χ0n) is 11.9. The van der Waals surface area contributed by atoms with Crippen LogP contribution in [-0.4, -0.2) is 13.4 Å². The van der Waals surface area contributed by atoms with Gasteiger partial charge in [0.25, 0.3) is 0 Å². The zero-order chi connectivity index (χ0) is 15.5. The molecule has 0 saturated carbocycles. The molecule has 1 atom stereocenters. The second-order valence-electron chi connectivity index (χ2n) is 4.83. The Kier molecular flexibility index (Phi) is 5.13. The van der Waals surface area contributed by atoms with Gasteiger partial charge in [-0.25, -0.2) is 13.1 Å². The molecule has 1 aromatic heterocycles. The van der Waals surface area contributed by atoms with E-state index in [0.29, 0.717) is 10.9 Å². The third-order valence-corrected chi connectivity index (χ3v) is 5.05. The maximum absolute atomic E-state index is 12.4. The van der Waals surface area contributed by atoms with Crippen LogP contribution in [0.1, 0.15) is 30.5 Å². The average Bonchev–Trinajstić information content (AvgIpc) is 2.46. The minimum atomic E-state index is -3.59. The van der Waals surface area contributed by atoms with Crippen molar-refractivity contribution in [3.8, 4) is 0 Å². The van der Waals surface area contributed by atoms with E-state index >= 15 is 0 Å². The lowest BCUT2D eigenvalue weighted by molar-refractivity contribution is 0.549. The summed E-state index contributed by atoms with van der Waals surface area (Å²) in [6.45, 7) is 3.95. The minimum absolute atomic E-state index is 0.155. The van der Waals surface area contributed by atoms with E-state index in [1.54, 1.807) is 6.20 Å². The van der Waals surface area contributed by atoms with Crippen LogP contribution in [0.25, 0.3) is 0 Å². The van der Waals surface area contributed by atoms with Gasteiger partial charge in [-0.1, -0.05) is 36.8 Å². The van der Waals surface area contributed by atoms with E-state index < -0.39 is 10.0 Å². The molecule has 1 aromatic carbocycles. The van der Waals surface area contributed by atoms with Gasteiger partial charge < -0.3 is 0 Å². The number of nitrogens with zero attached hydrogens (tertiary/aromatic N) is 1. The molecule has 1 heterocycles. The van der Waals surface area contributed by atoms with Gasteiger partial charge in [0.1, 0.15) is 4.90 Å². The molecule has 2 aromatic rings. The van der Waals surface area contributed by atoms with Crippen molar-refractivity contribution in [3.63, 3.8) is 0 Å². The summed E-state index contributed by atoms with van der Waals surface area (Å²) in [6, 6.07) is 9.14. The lowest BCUT2D eigenvalue weighted by atomic mass is 10.0. The Morgan fingerprint density at radius 3 is 2.48 bits per heavy atom. The molecule has 2 rings (SSSR count). The summed E-state index contributed by atoms with van der Waals surface area (Å²) in [5.41, 5.74) is 2.10. The zero-order valence-corrected chi connectivity index (χ0v) is 14.3. The van der Waals surface area contributed by atoms with Crippen molar-refractivity contribution >= 4 is 26.0 Å². The number of nitrogens with one attached hydrogen (secondary N) is 1. The molecular formula is C15H17BrN2O2S. The fourth-order valence-electron chi connectivity index (χ4n) is 1.98. The minimum Gasteiger partial charge on any atom is -0.262 e. The standard InChI is InChI=1S/C15H17BrN2O2S/c1-3-15(12-6-4-11(2)5-7-12)18-21(19,20)14-8-13(16)9-17-10-14/h4-10,15,18H,3H2,1-2H3. The SMILES string of the molecule is CCC(NS(=O)(=O)c1cncc(Br)c1)c1ccc(C)cc1. The third-order valence-electron chi connectivity index (χ3n) is 3.18. The molecule has 0 saturated heterocycles. The molecule has 0 bridgehead atoms. The predicted octanol–water partition coefficient (Wildman–Crippen LogP) is 3.58. The number of aromatic nitrogens is 1. The molecule has 21 heavy (non-hydrogen) atoms. The van der Waals surface area contributed by atoms with Crippen molar-refractivity contribution in [1.29, 1.82) is 0 Å². The number of pyridine rings is 1. The molecule has 0 aliphatic rings. The normalized spacial score (nSPS) is 13.1. The smallest absolute Gasteiger partial charge is 0.242 e. The first-order chi connectivity index (χ1) is 9.92. The summed E-state index contributed by atoms with van der Waals surface area (Å²) < 4.78 is 28.2. The number of aryl methyl sites for hydroxylation is 1. The molecular weight excluding hydrogens is 352 g/mol. The second-order valence-corrected chi connectivity index (χ2v) is 7.46. The molecule has 6 heteroatoms. The van der Waals surface area contributed by atoms with Crippen LogP contribution in [0.5, 0.6) is 0 Å². The van der Waals surface area contributed by atoms with Gasteiger partial charge in [0.05, 0.1) is 0 Å². The summed E-state index contributed by atoms with van der Waals surface area (Å²) in [4.78, 5) is 4.06. The van der Waals surface area contributed by atoms with E-state index in [4.69, 9.17) is 0 Å². The largest absolute Gasteiger partial charge is 0.262 e. The van der Waals surface area contributed by atoms with Gasteiger partial charge in [-0.05, 0) is 40.9 Å². The van der Waals surface area contributed by atoms with E-state index in [9.17, 15) is 8.42 Å². The molecule has 0 amide bonds. The summed E-state index contributed by atoms with van der Waals surface area (Å²) in [5.74, 6) is 0. The van der Waals surface area contributed by atoms with Crippen LogP contribution in [0, 0.1) is 6.92 Å². The Balaban J connectivity index is 2.27. The van der Waals surface area contributed by atoms with Crippen LogP contribution in [0.2, 0.25) is 0 Å². The number of benzene rings is 1. The topological polar surface area (TPSA) is 59.1 Å². The van der Waals surface area contributed by atoms with E-state index in [0.717, 1.165) is 11.1 Å². The van der Waals surface area contributed by atoms with Gasteiger partial charge in [-0.15, -0.1) is 0 Å². The fourth-order valence-corrected chi connectivity index (χ4v) is 3.79. The van der Waals surface area contributed by atoms with Gasteiger partial charge in [0.2, 0.25) is 10.0 Å². The Hall–Kier alpha value is -1.24. The lowest BCUT2D eigenvalue weighted by Crippen LogP contribution is -2.28. The quantitative estimate of drug-likeness (QED) is 0.877. The van der Waals surface area contributed by atoms with E-state index in [1.165, 1.54) is 12.3 Å². The van der Waals surface area contributed by atoms with Gasteiger partial charge >= 0.3 is 0 Å². The Bertz CT molecular complexity index is 715. The highest BCUT2D eigenvalue weighted by molar-refractivity contribution is 9.10. The van der Waals surface area contributed by atoms with Crippen LogP contribution in [0.4, 0.5) is 0 Å². The maximum atomic E-state index is 12.4. The lowest BCUT2D eigenvalue weighted by Gasteiger charge is -2.17. The molecule has 1 N–H and O–H groups in total. The van der Waals surface area contributed by atoms with Gasteiger partial charge in [0.15, 0.2) is 0 Å². The number of hydrogen-bond donors (Lipinski definition) is 1. The number of rotatable bonds is 5. The van der Waals surface area contributed by atoms with Crippen LogP contribution < -0.4 is 4.72 Å². The van der Waals surface area contributed by atoms with E-state index in [-0.39, 0.29) is 10.9 Å². The molecule has 1 unspecified atom stereocenters. The Labute approximate surface area is 133 Å². The van der Waals surface area contributed by atoms with Gasteiger partial charge in [0, 0.05) is 22.9 Å². The van der Waals surface area contributed by atoms with Gasteiger partial charge in [-0.2, -0.15) is 0 Å². The summed E-state index contributed by atoms with van der Waals surface area (Å²) in [7, 11) is -3.59. The predicted molar refractivity (Wildman–Crippen MR) is 86.5 cm³/mol. The van der Waals surface area contributed by atoms with Crippen molar-refractivity contribution in [2.24, 2.45) is 0 Å². The van der Waals surface area contributed by atoms with Crippen LogP contribution in [-0.2, 0) is 10.0 Å². The molecule has 0 aliphatic carbocycles.